The van der Waals surface area contributed by atoms with Crippen LogP contribution in [0.3, 0.4) is 0 Å². The summed E-state index contributed by atoms with van der Waals surface area (Å²) in [7, 11) is 1.54. The summed E-state index contributed by atoms with van der Waals surface area (Å²) in [5, 5.41) is 0.490. The molecule has 7 heteroatoms. The van der Waals surface area contributed by atoms with Crippen molar-refractivity contribution in [1.29, 1.82) is 0 Å². The van der Waals surface area contributed by atoms with Crippen LogP contribution in [-0.2, 0) is 4.74 Å². The molecule has 6 nitrogen and oxygen atoms in total. The number of esters is 1. The van der Waals surface area contributed by atoms with Crippen molar-refractivity contribution in [1.82, 2.24) is 9.97 Å². The standard InChI is InChI=1S/C18H15BrN2O4/c1-10(16-20-14-6-4-3-5-12(14)17(22)21-16)25-18(23)11-7-8-15(24-2)13(19)9-11/h3-10H,1-2H3,(H,20,21,22)/t10-/m1/s1. The summed E-state index contributed by atoms with van der Waals surface area (Å²) >= 11 is 3.33. The Labute approximate surface area is 151 Å². The number of halogens is 1. The van der Waals surface area contributed by atoms with Gasteiger partial charge >= 0.3 is 5.97 Å². The fourth-order valence-electron chi connectivity index (χ4n) is 2.37. The number of carbonyl (C=O) groups excluding carboxylic acids is 1. The maximum Gasteiger partial charge on any atom is 0.338 e. The SMILES string of the molecule is COc1ccc(C(=O)O[C@H](C)c2nc3ccccc3c(=O)[nH]2)cc1Br. The minimum atomic E-state index is -0.703. The van der Waals surface area contributed by atoms with Crippen LogP contribution in [0.1, 0.15) is 29.2 Å². The monoisotopic (exact) mass is 402 g/mol. The Morgan fingerprint density at radius 2 is 2.00 bits per heavy atom. The van der Waals surface area contributed by atoms with Gasteiger partial charge in [0, 0.05) is 0 Å². The van der Waals surface area contributed by atoms with Crippen molar-refractivity contribution in [3.63, 3.8) is 0 Å². The lowest BCUT2D eigenvalue weighted by molar-refractivity contribution is 0.0320. The minimum absolute atomic E-state index is 0.268. The highest BCUT2D eigenvalue weighted by Gasteiger charge is 2.17. The van der Waals surface area contributed by atoms with Gasteiger partial charge in [-0.25, -0.2) is 9.78 Å². The number of nitrogens with one attached hydrogen (secondary N) is 1. The Morgan fingerprint density at radius 3 is 2.72 bits per heavy atom. The molecule has 2 aromatic carbocycles. The second-order valence-corrected chi connectivity index (χ2v) is 6.22. The first kappa shape index (κ1) is 17.2. The summed E-state index contributed by atoms with van der Waals surface area (Å²) in [4.78, 5) is 31.5. The van der Waals surface area contributed by atoms with E-state index >= 15 is 0 Å². The number of fused-ring (bicyclic) bond motifs is 1. The van der Waals surface area contributed by atoms with Gasteiger partial charge in [-0.1, -0.05) is 12.1 Å². The van der Waals surface area contributed by atoms with Crippen LogP contribution < -0.4 is 10.3 Å². The zero-order valence-corrected chi connectivity index (χ0v) is 15.2. The van der Waals surface area contributed by atoms with E-state index in [1.807, 2.05) is 0 Å². The Kier molecular flexibility index (Phi) is 4.85. The molecular weight excluding hydrogens is 388 g/mol. The Hall–Kier alpha value is -2.67. The second-order valence-electron chi connectivity index (χ2n) is 5.37. The van der Waals surface area contributed by atoms with E-state index in [-0.39, 0.29) is 5.56 Å². The van der Waals surface area contributed by atoms with Crippen molar-refractivity contribution >= 4 is 32.8 Å². The molecule has 0 fully saturated rings. The summed E-state index contributed by atoms with van der Waals surface area (Å²) in [5.74, 6) is 0.390. The number of nitrogens with zero attached hydrogens (tertiary/aromatic N) is 1. The predicted octanol–water partition coefficient (Wildman–Crippen LogP) is 3.61. The Bertz CT molecular complexity index is 1000. The van der Waals surface area contributed by atoms with E-state index in [2.05, 4.69) is 25.9 Å². The number of hydrogen-bond acceptors (Lipinski definition) is 5. The van der Waals surface area contributed by atoms with E-state index in [1.165, 1.54) is 0 Å². The van der Waals surface area contributed by atoms with Crippen molar-refractivity contribution in [2.45, 2.75) is 13.0 Å². The number of aromatic nitrogens is 2. The number of carbonyl (C=O) groups is 1. The Morgan fingerprint density at radius 1 is 1.24 bits per heavy atom. The van der Waals surface area contributed by atoms with Crippen molar-refractivity contribution in [2.75, 3.05) is 7.11 Å². The fourth-order valence-corrected chi connectivity index (χ4v) is 2.92. The molecule has 1 aromatic heterocycles. The van der Waals surface area contributed by atoms with Crippen molar-refractivity contribution in [2.24, 2.45) is 0 Å². The molecule has 3 aromatic rings. The third kappa shape index (κ3) is 3.56. The molecule has 0 spiro atoms. The number of aromatic amines is 1. The highest BCUT2D eigenvalue weighted by molar-refractivity contribution is 9.10. The van der Waals surface area contributed by atoms with Gasteiger partial charge in [0.2, 0.25) is 0 Å². The van der Waals surface area contributed by atoms with Crippen LogP contribution in [0.15, 0.2) is 51.7 Å². The fraction of sp³-hybridized carbons (Fsp3) is 0.167. The maximum absolute atomic E-state index is 12.3. The summed E-state index contributed by atoms with van der Waals surface area (Å²) in [6, 6.07) is 11.9. The molecule has 0 aliphatic heterocycles. The molecule has 1 N–H and O–H groups in total. The first-order valence-corrected chi connectivity index (χ1v) is 8.32. The van der Waals surface area contributed by atoms with Gasteiger partial charge in [-0.05, 0) is 53.2 Å². The number of H-pyrrole nitrogens is 1. The number of hydrogen-bond donors (Lipinski definition) is 1. The predicted molar refractivity (Wildman–Crippen MR) is 96.9 cm³/mol. The van der Waals surface area contributed by atoms with Gasteiger partial charge in [-0.15, -0.1) is 0 Å². The summed E-state index contributed by atoms with van der Waals surface area (Å²) in [5.41, 5.74) is 0.648. The molecule has 1 heterocycles. The molecule has 0 radical (unpaired) electrons. The number of benzene rings is 2. The van der Waals surface area contributed by atoms with Gasteiger partial charge < -0.3 is 14.5 Å². The van der Waals surface area contributed by atoms with Gasteiger partial charge in [0.05, 0.1) is 28.0 Å². The molecule has 1 atom stereocenters. The lowest BCUT2D eigenvalue weighted by Gasteiger charge is -2.13. The average molecular weight is 403 g/mol. The summed E-state index contributed by atoms with van der Waals surface area (Å²) in [6.45, 7) is 1.66. The number of rotatable bonds is 4. The first-order valence-electron chi connectivity index (χ1n) is 7.53. The van der Waals surface area contributed by atoms with Crippen molar-refractivity contribution in [3.8, 4) is 5.75 Å². The van der Waals surface area contributed by atoms with Gasteiger partial charge in [0.1, 0.15) is 5.75 Å². The van der Waals surface area contributed by atoms with E-state index in [9.17, 15) is 9.59 Å². The van der Waals surface area contributed by atoms with Crippen LogP contribution >= 0.6 is 15.9 Å². The van der Waals surface area contributed by atoms with Crippen molar-refractivity contribution in [3.05, 3.63) is 68.7 Å². The van der Waals surface area contributed by atoms with Crippen LogP contribution in [0.4, 0.5) is 0 Å². The minimum Gasteiger partial charge on any atom is -0.496 e. The highest BCUT2D eigenvalue weighted by Crippen LogP contribution is 2.26. The Balaban J connectivity index is 1.84. The normalized spacial score (nSPS) is 12.0. The molecule has 0 amide bonds. The molecule has 0 saturated carbocycles. The van der Waals surface area contributed by atoms with Gasteiger partial charge in [-0.2, -0.15) is 0 Å². The maximum atomic E-state index is 12.3. The van der Waals surface area contributed by atoms with Crippen LogP contribution in [0.25, 0.3) is 10.9 Å². The average Bonchev–Trinajstić information content (AvgIpc) is 2.61. The molecule has 0 unspecified atom stereocenters. The molecule has 0 bridgehead atoms. The third-order valence-electron chi connectivity index (χ3n) is 3.69. The number of para-hydroxylation sites is 1. The summed E-state index contributed by atoms with van der Waals surface area (Å²) < 4.78 is 11.2. The first-order chi connectivity index (χ1) is 12.0. The molecule has 25 heavy (non-hydrogen) atoms. The van der Waals surface area contributed by atoms with E-state index < -0.39 is 12.1 Å². The third-order valence-corrected chi connectivity index (χ3v) is 4.31. The molecule has 3 rings (SSSR count). The molecule has 0 aliphatic rings. The van der Waals surface area contributed by atoms with Crippen LogP contribution in [0.5, 0.6) is 5.75 Å². The molecule has 0 saturated heterocycles. The molecular formula is C18H15BrN2O4. The van der Waals surface area contributed by atoms with Gasteiger partial charge in [0.25, 0.3) is 5.56 Å². The van der Waals surface area contributed by atoms with E-state index in [0.717, 1.165) is 0 Å². The topological polar surface area (TPSA) is 81.3 Å². The highest BCUT2D eigenvalue weighted by atomic mass is 79.9. The van der Waals surface area contributed by atoms with Crippen molar-refractivity contribution < 1.29 is 14.3 Å². The van der Waals surface area contributed by atoms with E-state index in [4.69, 9.17) is 9.47 Å². The zero-order chi connectivity index (χ0) is 18.0. The smallest absolute Gasteiger partial charge is 0.338 e. The van der Waals surface area contributed by atoms with E-state index in [1.54, 1.807) is 56.5 Å². The molecule has 0 aliphatic carbocycles. The van der Waals surface area contributed by atoms with Crippen LogP contribution in [0.2, 0.25) is 0 Å². The lowest BCUT2D eigenvalue weighted by Crippen LogP contribution is -2.17. The van der Waals surface area contributed by atoms with Crippen LogP contribution in [0, 0.1) is 0 Å². The second kappa shape index (κ2) is 7.06. The van der Waals surface area contributed by atoms with E-state index in [0.29, 0.717) is 32.5 Å². The largest absolute Gasteiger partial charge is 0.496 e. The number of methoxy groups -OCH3 is 1. The quantitative estimate of drug-likeness (QED) is 0.674. The lowest BCUT2D eigenvalue weighted by atomic mass is 10.2. The van der Waals surface area contributed by atoms with Crippen LogP contribution in [-0.4, -0.2) is 23.0 Å². The number of ether oxygens (including phenoxy) is 2. The zero-order valence-electron chi connectivity index (χ0n) is 13.6. The molecule has 128 valence electrons. The van der Waals surface area contributed by atoms with Gasteiger partial charge in [-0.3, -0.25) is 4.79 Å². The van der Waals surface area contributed by atoms with Gasteiger partial charge in [0.15, 0.2) is 11.9 Å². The summed E-state index contributed by atoms with van der Waals surface area (Å²) in [6.07, 6.45) is -0.703.